The molecule has 1 aromatic rings. The number of nitrogens with one attached hydrogen (secondary N) is 1. The Morgan fingerprint density at radius 3 is 2.71 bits per heavy atom. The zero-order valence-electron chi connectivity index (χ0n) is 10.2. The molecule has 0 aromatic heterocycles. The fourth-order valence-electron chi connectivity index (χ4n) is 2.55. The largest absolute Gasteiger partial charge is 0.317 e. The summed E-state index contributed by atoms with van der Waals surface area (Å²) in [6.07, 6.45) is 2.00. The maximum Gasteiger partial charge on any atom is 0.276 e. The Hall–Kier alpha value is -0.960. The predicted octanol–water partition coefficient (Wildman–Crippen LogP) is 3.48. The summed E-state index contributed by atoms with van der Waals surface area (Å²) in [5.41, 5.74) is 0.890. The van der Waals surface area contributed by atoms with E-state index < -0.39 is 11.8 Å². The lowest BCUT2D eigenvalue weighted by atomic mass is 9.87. The Labute approximate surface area is 101 Å². The molecule has 3 heteroatoms. The number of benzene rings is 1. The fourth-order valence-corrected chi connectivity index (χ4v) is 2.55. The lowest BCUT2D eigenvalue weighted by molar-refractivity contribution is -0.0699. The highest BCUT2D eigenvalue weighted by atomic mass is 19.3. The van der Waals surface area contributed by atoms with Crippen LogP contribution < -0.4 is 5.32 Å². The minimum absolute atomic E-state index is 0.201. The zero-order chi connectivity index (χ0) is 12.3. The van der Waals surface area contributed by atoms with Crippen molar-refractivity contribution < 1.29 is 8.78 Å². The Kier molecular flexibility index (Phi) is 3.77. The van der Waals surface area contributed by atoms with Crippen molar-refractivity contribution >= 4 is 0 Å². The first kappa shape index (κ1) is 12.5. The number of alkyl halides is 2. The van der Waals surface area contributed by atoms with Crippen LogP contribution in [-0.2, 0) is 5.92 Å². The van der Waals surface area contributed by atoms with E-state index in [2.05, 4.69) is 5.32 Å². The van der Waals surface area contributed by atoms with Crippen molar-refractivity contribution in [3.05, 3.63) is 35.4 Å². The maximum absolute atomic E-state index is 14.5. The van der Waals surface area contributed by atoms with Gasteiger partial charge in [-0.25, -0.2) is 8.78 Å². The number of halogens is 2. The molecule has 0 aliphatic carbocycles. The molecule has 1 N–H and O–H groups in total. The summed E-state index contributed by atoms with van der Waals surface area (Å²) < 4.78 is 28.9. The molecule has 1 atom stereocenters. The average Bonchev–Trinajstić information content (AvgIpc) is 2.58. The molecule has 0 amide bonds. The van der Waals surface area contributed by atoms with Crippen molar-refractivity contribution in [1.82, 2.24) is 5.32 Å². The van der Waals surface area contributed by atoms with Gasteiger partial charge in [-0.1, -0.05) is 24.3 Å². The minimum Gasteiger partial charge on any atom is -0.317 e. The molecule has 2 rings (SSSR count). The van der Waals surface area contributed by atoms with Crippen molar-refractivity contribution in [1.29, 1.82) is 0 Å². The smallest absolute Gasteiger partial charge is 0.276 e. The van der Waals surface area contributed by atoms with Crippen LogP contribution in [0.15, 0.2) is 24.3 Å². The van der Waals surface area contributed by atoms with E-state index in [-0.39, 0.29) is 5.56 Å². The van der Waals surface area contributed by atoms with E-state index in [4.69, 9.17) is 0 Å². The lowest BCUT2D eigenvalue weighted by Crippen LogP contribution is -2.27. The van der Waals surface area contributed by atoms with E-state index >= 15 is 0 Å². The molecule has 1 saturated heterocycles. The highest BCUT2D eigenvalue weighted by Gasteiger charge is 2.41. The van der Waals surface area contributed by atoms with Crippen LogP contribution in [0.5, 0.6) is 0 Å². The molecule has 0 saturated carbocycles. The molecule has 94 valence electrons. The highest BCUT2D eigenvalue weighted by Crippen LogP contribution is 2.41. The summed E-state index contributed by atoms with van der Waals surface area (Å²) in [4.78, 5) is 0. The molecule has 0 spiro atoms. The van der Waals surface area contributed by atoms with Crippen molar-refractivity contribution in [3.63, 3.8) is 0 Å². The van der Waals surface area contributed by atoms with Gasteiger partial charge in [-0.15, -0.1) is 0 Å². The Morgan fingerprint density at radius 2 is 1.94 bits per heavy atom. The normalized spacial score (nSPS) is 22.2. The Balaban J connectivity index is 2.25. The number of hydrogen-bond acceptors (Lipinski definition) is 1. The molecule has 0 radical (unpaired) electrons. The van der Waals surface area contributed by atoms with Crippen molar-refractivity contribution in [2.24, 2.45) is 5.92 Å². The molecule has 1 fully saturated rings. The van der Waals surface area contributed by atoms with E-state index in [1.165, 1.54) is 0 Å². The van der Waals surface area contributed by atoms with Crippen LogP contribution in [0.3, 0.4) is 0 Å². The number of aryl methyl sites for hydroxylation is 1. The molecule has 1 aliphatic heterocycles. The van der Waals surface area contributed by atoms with Gasteiger partial charge < -0.3 is 5.32 Å². The second kappa shape index (κ2) is 5.13. The Morgan fingerprint density at radius 1 is 1.18 bits per heavy atom. The molecule has 1 aliphatic rings. The van der Waals surface area contributed by atoms with Gasteiger partial charge in [0.05, 0.1) is 0 Å². The monoisotopic (exact) mass is 239 g/mol. The fraction of sp³-hybridized carbons (Fsp3) is 0.571. The van der Waals surface area contributed by atoms with Gasteiger partial charge in [0.2, 0.25) is 0 Å². The first-order valence-corrected chi connectivity index (χ1v) is 6.27. The zero-order valence-corrected chi connectivity index (χ0v) is 10.2. The molecular weight excluding hydrogens is 220 g/mol. The highest BCUT2D eigenvalue weighted by molar-refractivity contribution is 5.30. The first-order valence-electron chi connectivity index (χ1n) is 6.27. The van der Waals surface area contributed by atoms with Gasteiger partial charge >= 0.3 is 0 Å². The van der Waals surface area contributed by atoms with Gasteiger partial charge in [0.1, 0.15) is 0 Å². The van der Waals surface area contributed by atoms with Crippen LogP contribution >= 0.6 is 0 Å². The molecule has 1 nitrogen and oxygen atoms in total. The number of hydrogen-bond donors (Lipinski definition) is 1. The summed E-state index contributed by atoms with van der Waals surface area (Å²) in [5, 5.41) is 3.18. The quantitative estimate of drug-likeness (QED) is 0.833. The molecule has 1 heterocycles. The number of rotatable bonds is 2. The molecule has 0 bridgehead atoms. The second-order valence-corrected chi connectivity index (χ2v) is 4.82. The average molecular weight is 239 g/mol. The first-order chi connectivity index (χ1) is 8.12. The van der Waals surface area contributed by atoms with Gasteiger partial charge in [-0.3, -0.25) is 0 Å². The van der Waals surface area contributed by atoms with Crippen LogP contribution in [0.4, 0.5) is 8.78 Å². The molecule has 17 heavy (non-hydrogen) atoms. The van der Waals surface area contributed by atoms with E-state index in [0.717, 1.165) is 13.0 Å². The standard InChI is InChI=1S/C14H19F2N/c1-11-5-2-3-7-13(11)14(15,16)12-6-4-9-17-10-8-12/h2-3,5,7,12,17H,4,6,8-10H2,1H3. The van der Waals surface area contributed by atoms with Gasteiger partial charge in [0.15, 0.2) is 0 Å². The van der Waals surface area contributed by atoms with Crippen molar-refractivity contribution in [3.8, 4) is 0 Å². The molecular formula is C14H19F2N. The molecule has 1 aromatic carbocycles. The van der Waals surface area contributed by atoms with Crippen molar-refractivity contribution in [2.75, 3.05) is 13.1 Å². The van der Waals surface area contributed by atoms with Gasteiger partial charge in [0.25, 0.3) is 5.92 Å². The lowest BCUT2D eigenvalue weighted by Gasteiger charge is -2.27. The maximum atomic E-state index is 14.5. The third-order valence-electron chi connectivity index (χ3n) is 3.59. The van der Waals surface area contributed by atoms with Crippen LogP contribution in [0.1, 0.15) is 30.4 Å². The minimum atomic E-state index is -2.70. The van der Waals surface area contributed by atoms with E-state index in [1.807, 2.05) is 6.07 Å². The summed E-state index contributed by atoms with van der Waals surface area (Å²) in [6.45, 7) is 3.32. The summed E-state index contributed by atoms with van der Waals surface area (Å²) in [7, 11) is 0. The topological polar surface area (TPSA) is 12.0 Å². The Bertz CT molecular complexity index is 368. The van der Waals surface area contributed by atoms with Crippen molar-refractivity contribution in [2.45, 2.75) is 32.1 Å². The third kappa shape index (κ3) is 2.65. The van der Waals surface area contributed by atoms with Crippen LogP contribution in [0.25, 0.3) is 0 Å². The summed E-state index contributed by atoms with van der Waals surface area (Å²) in [5.74, 6) is -3.23. The van der Waals surface area contributed by atoms with E-state index in [9.17, 15) is 8.78 Å². The summed E-state index contributed by atoms with van der Waals surface area (Å²) in [6, 6.07) is 6.83. The van der Waals surface area contributed by atoms with Crippen LogP contribution in [-0.4, -0.2) is 13.1 Å². The SMILES string of the molecule is Cc1ccccc1C(F)(F)C1CCCNCC1. The summed E-state index contributed by atoms with van der Waals surface area (Å²) >= 11 is 0. The van der Waals surface area contributed by atoms with E-state index in [1.54, 1.807) is 25.1 Å². The predicted molar refractivity (Wildman–Crippen MR) is 65.3 cm³/mol. The van der Waals surface area contributed by atoms with E-state index in [0.29, 0.717) is 24.9 Å². The van der Waals surface area contributed by atoms with Gasteiger partial charge in [0, 0.05) is 11.5 Å². The van der Waals surface area contributed by atoms with Crippen LogP contribution in [0.2, 0.25) is 0 Å². The third-order valence-corrected chi connectivity index (χ3v) is 3.59. The molecule has 1 unspecified atom stereocenters. The van der Waals surface area contributed by atoms with Gasteiger partial charge in [-0.2, -0.15) is 0 Å². The van der Waals surface area contributed by atoms with Crippen LogP contribution in [0, 0.1) is 12.8 Å². The second-order valence-electron chi connectivity index (χ2n) is 4.82. The van der Waals surface area contributed by atoms with Gasteiger partial charge in [-0.05, 0) is 44.8 Å².